The van der Waals surface area contributed by atoms with Gasteiger partial charge in [-0.05, 0) is 29.2 Å². The summed E-state index contributed by atoms with van der Waals surface area (Å²) >= 11 is 6.41. The molecule has 0 bridgehead atoms. The molecule has 3 rings (SSSR count). The molecule has 0 aliphatic carbocycles. The normalized spacial score (nSPS) is 12.4. The Hall–Kier alpha value is -3.46. The Kier molecular flexibility index (Phi) is 7.02. The van der Waals surface area contributed by atoms with Crippen LogP contribution in [0.3, 0.4) is 0 Å². The summed E-state index contributed by atoms with van der Waals surface area (Å²) in [6.45, 7) is 5.26. The number of hydrogen-bond acceptors (Lipinski definition) is 4. The second-order valence-corrected chi connectivity index (χ2v) is 9.13. The number of hydrogen-bond donors (Lipinski definition) is 3. The van der Waals surface area contributed by atoms with E-state index >= 15 is 0 Å². The minimum atomic E-state index is -0.958. The lowest BCUT2D eigenvalue weighted by Crippen LogP contribution is -2.54. The topological polar surface area (TPSA) is 119 Å². The van der Waals surface area contributed by atoms with Crippen molar-refractivity contribution in [1.29, 1.82) is 0 Å². The molecule has 1 atom stereocenters. The molecule has 3 aromatic rings. The molecule has 174 valence electrons. The largest absolute Gasteiger partial charge is 0.368 e. The zero-order valence-electron chi connectivity index (χ0n) is 18.5. The number of rotatable bonds is 7. The molecule has 1 heterocycles. The second kappa shape index (κ2) is 9.58. The lowest BCUT2D eigenvalue weighted by atomic mass is 9.86. The van der Waals surface area contributed by atoms with Crippen LogP contribution < -0.4 is 16.4 Å². The third kappa shape index (κ3) is 5.67. The summed E-state index contributed by atoms with van der Waals surface area (Å²) < 4.78 is 14.8. The number of nitrogens with zero attached hydrogens (tertiary/aromatic N) is 2. The van der Waals surface area contributed by atoms with E-state index in [1.54, 1.807) is 55.8 Å². The van der Waals surface area contributed by atoms with Crippen molar-refractivity contribution in [3.8, 4) is 0 Å². The van der Waals surface area contributed by atoms with Crippen LogP contribution in [-0.2, 0) is 16.1 Å². The number of para-hydroxylation sites is 1. The van der Waals surface area contributed by atoms with Crippen LogP contribution in [0, 0.1) is 11.2 Å². The Balaban J connectivity index is 1.95. The van der Waals surface area contributed by atoms with Gasteiger partial charge in [0, 0.05) is 5.39 Å². The van der Waals surface area contributed by atoms with E-state index in [2.05, 4.69) is 15.7 Å². The molecule has 0 aliphatic rings. The Labute approximate surface area is 195 Å². The standard InChI is InChI=1S/C23H25ClFN5O3/c1-23(2,3)20(22(33)27-11-17(26)31)28-21(32)18-15-5-4-6-16(24)19(15)30(29-18)12-13-7-9-14(25)10-8-13/h4-10,20H,11-12H2,1-3H3,(H2,26,31)(H,27,33)(H,28,32)/t20-/m1/s1. The van der Waals surface area contributed by atoms with E-state index in [-0.39, 0.29) is 24.6 Å². The summed E-state index contributed by atoms with van der Waals surface area (Å²) in [4.78, 5) is 36.9. The Bertz CT molecular complexity index is 1200. The Morgan fingerprint density at radius 1 is 1.15 bits per heavy atom. The molecule has 33 heavy (non-hydrogen) atoms. The molecule has 8 nitrogen and oxygen atoms in total. The van der Waals surface area contributed by atoms with Gasteiger partial charge >= 0.3 is 0 Å². The van der Waals surface area contributed by atoms with Gasteiger partial charge in [-0.3, -0.25) is 19.1 Å². The van der Waals surface area contributed by atoms with Gasteiger partial charge < -0.3 is 16.4 Å². The monoisotopic (exact) mass is 473 g/mol. The fraction of sp³-hybridized carbons (Fsp3) is 0.304. The number of aromatic nitrogens is 2. The molecule has 10 heteroatoms. The lowest BCUT2D eigenvalue weighted by molar-refractivity contribution is -0.128. The van der Waals surface area contributed by atoms with Gasteiger partial charge in [0.05, 0.1) is 23.6 Å². The predicted molar refractivity (Wildman–Crippen MR) is 123 cm³/mol. The van der Waals surface area contributed by atoms with Crippen molar-refractivity contribution in [1.82, 2.24) is 20.4 Å². The molecular formula is C23H25ClFN5O3. The van der Waals surface area contributed by atoms with E-state index < -0.39 is 29.2 Å². The highest BCUT2D eigenvalue weighted by Crippen LogP contribution is 2.28. The second-order valence-electron chi connectivity index (χ2n) is 8.73. The molecule has 0 spiro atoms. The van der Waals surface area contributed by atoms with Crippen LogP contribution in [0.25, 0.3) is 10.9 Å². The van der Waals surface area contributed by atoms with Crippen molar-refractivity contribution in [2.24, 2.45) is 11.1 Å². The van der Waals surface area contributed by atoms with Crippen LogP contribution in [0.2, 0.25) is 5.02 Å². The molecule has 1 aromatic heterocycles. The zero-order valence-corrected chi connectivity index (χ0v) is 19.2. The average molecular weight is 474 g/mol. The number of primary amides is 1. The summed E-state index contributed by atoms with van der Waals surface area (Å²) in [5.74, 6) is -2.16. The van der Waals surface area contributed by atoms with Crippen LogP contribution in [0.1, 0.15) is 36.8 Å². The fourth-order valence-electron chi connectivity index (χ4n) is 3.39. The Morgan fingerprint density at radius 2 is 1.82 bits per heavy atom. The minimum Gasteiger partial charge on any atom is -0.368 e. The fourth-order valence-corrected chi connectivity index (χ4v) is 3.66. The quantitative estimate of drug-likeness (QED) is 0.488. The van der Waals surface area contributed by atoms with Crippen LogP contribution in [-0.4, -0.2) is 40.1 Å². The van der Waals surface area contributed by atoms with Gasteiger partial charge in [-0.2, -0.15) is 5.10 Å². The molecule has 0 saturated carbocycles. The van der Waals surface area contributed by atoms with Gasteiger partial charge in [-0.25, -0.2) is 4.39 Å². The molecular weight excluding hydrogens is 449 g/mol. The molecule has 0 aliphatic heterocycles. The van der Waals surface area contributed by atoms with Gasteiger partial charge in [-0.15, -0.1) is 0 Å². The molecule has 4 N–H and O–H groups in total. The Morgan fingerprint density at radius 3 is 2.42 bits per heavy atom. The van der Waals surface area contributed by atoms with Crippen molar-refractivity contribution in [3.05, 3.63) is 64.6 Å². The maximum atomic E-state index is 13.3. The third-order valence-corrected chi connectivity index (χ3v) is 5.33. The van der Waals surface area contributed by atoms with Crippen molar-refractivity contribution in [2.75, 3.05) is 6.54 Å². The van der Waals surface area contributed by atoms with Gasteiger partial charge in [0.1, 0.15) is 11.9 Å². The summed E-state index contributed by atoms with van der Waals surface area (Å²) in [5, 5.41) is 10.5. The highest BCUT2D eigenvalue weighted by Gasteiger charge is 2.34. The van der Waals surface area contributed by atoms with E-state index in [0.29, 0.717) is 15.9 Å². The van der Waals surface area contributed by atoms with Crippen molar-refractivity contribution < 1.29 is 18.8 Å². The van der Waals surface area contributed by atoms with E-state index in [9.17, 15) is 18.8 Å². The van der Waals surface area contributed by atoms with Gasteiger partial charge in [-0.1, -0.05) is 56.6 Å². The van der Waals surface area contributed by atoms with Crippen LogP contribution >= 0.6 is 11.6 Å². The molecule has 0 unspecified atom stereocenters. The summed E-state index contributed by atoms with van der Waals surface area (Å²) in [7, 11) is 0. The minimum absolute atomic E-state index is 0.0894. The first-order valence-corrected chi connectivity index (χ1v) is 10.6. The zero-order chi connectivity index (χ0) is 24.3. The number of benzene rings is 2. The van der Waals surface area contributed by atoms with Crippen LogP contribution in [0.15, 0.2) is 42.5 Å². The molecule has 2 aromatic carbocycles. The maximum absolute atomic E-state index is 13.3. The lowest BCUT2D eigenvalue weighted by Gasteiger charge is -2.30. The molecule has 0 saturated heterocycles. The first-order valence-electron chi connectivity index (χ1n) is 10.2. The third-order valence-electron chi connectivity index (χ3n) is 5.02. The predicted octanol–water partition coefficient (Wildman–Crippen LogP) is 2.62. The van der Waals surface area contributed by atoms with E-state index in [1.165, 1.54) is 12.1 Å². The number of amides is 3. The summed E-state index contributed by atoms with van der Waals surface area (Å²) in [5.41, 5.74) is 5.84. The maximum Gasteiger partial charge on any atom is 0.273 e. The number of halogens is 2. The SMILES string of the molecule is CC(C)(C)[C@H](NC(=O)c1nn(Cc2ccc(F)cc2)c2c(Cl)cccc12)C(=O)NCC(N)=O. The number of nitrogens with two attached hydrogens (primary N) is 1. The first kappa shape index (κ1) is 24.2. The average Bonchev–Trinajstić information content (AvgIpc) is 3.10. The van der Waals surface area contributed by atoms with Crippen molar-refractivity contribution in [2.45, 2.75) is 33.4 Å². The van der Waals surface area contributed by atoms with Gasteiger partial charge in [0.2, 0.25) is 11.8 Å². The van der Waals surface area contributed by atoms with Gasteiger partial charge in [0.15, 0.2) is 5.69 Å². The molecule has 3 amide bonds. The molecule has 0 fully saturated rings. The summed E-state index contributed by atoms with van der Waals surface area (Å²) in [6, 6.07) is 10.1. The van der Waals surface area contributed by atoms with Gasteiger partial charge in [0.25, 0.3) is 5.91 Å². The van der Waals surface area contributed by atoms with Crippen molar-refractivity contribution >= 4 is 40.2 Å². The number of fused-ring (bicyclic) bond motifs is 1. The smallest absolute Gasteiger partial charge is 0.273 e. The summed E-state index contributed by atoms with van der Waals surface area (Å²) in [6.07, 6.45) is 0. The highest BCUT2D eigenvalue weighted by atomic mass is 35.5. The number of carbonyl (C=O) groups is 3. The first-order chi connectivity index (χ1) is 15.5. The molecule has 0 radical (unpaired) electrons. The van der Waals surface area contributed by atoms with Crippen molar-refractivity contribution in [3.63, 3.8) is 0 Å². The van der Waals surface area contributed by atoms with E-state index in [1.807, 2.05) is 0 Å². The highest BCUT2D eigenvalue weighted by molar-refractivity contribution is 6.35. The number of nitrogens with one attached hydrogen (secondary N) is 2. The number of carbonyl (C=O) groups excluding carboxylic acids is 3. The van der Waals surface area contributed by atoms with Crippen LogP contribution in [0.4, 0.5) is 4.39 Å². The van der Waals surface area contributed by atoms with E-state index in [4.69, 9.17) is 17.3 Å². The van der Waals surface area contributed by atoms with E-state index in [0.717, 1.165) is 5.56 Å². The van der Waals surface area contributed by atoms with Crippen LogP contribution in [0.5, 0.6) is 0 Å².